The Labute approximate surface area is 358 Å². The standard InChI is InChI=1S/C59H46N2/c1-4-19-50-47(5-2)57(53-38-40(3)30-36-49(53)43-22-11-7-12-23-43)54-39-45(35-37-52(54)58(50)51-27-16-15-26-48(51)42-20-9-6-10-21-42)41-31-33-44(34-32-41)59-60-55-28-17-18-29-56(55)61(59)46-24-13-8-14-25-46/h4-29,31-40H,1,30H2,2-3H3/b47-5+,50-19+/t40-/m0/s1. The molecule has 0 unspecified atom stereocenters. The molecule has 0 saturated heterocycles. The second-order valence-electron chi connectivity index (χ2n) is 15.9. The number of rotatable bonds is 8. The number of hydrogen-bond donors (Lipinski definition) is 0. The summed E-state index contributed by atoms with van der Waals surface area (Å²) in [5.74, 6) is 1.32. The highest BCUT2D eigenvalue weighted by Gasteiger charge is 2.24. The number of aromatic nitrogens is 2. The molecule has 0 bridgehead atoms. The van der Waals surface area contributed by atoms with Crippen molar-refractivity contribution in [1.82, 2.24) is 9.55 Å². The van der Waals surface area contributed by atoms with Crippen molar-refractivity contribution >= 4 is 45.1 Å². The number of imidazole rings is 1. The Hall–Kier alpha value is -7.55. The van der Waals surface area contributed by atoms with Gasteiger partial charge in [-0.1, -0.05) is 196 Å². The van der Waals surface area contributed by atoms with Crippen LogP contribution in [0.3, 0.4) is 0 Å². The van der Waals surface area contributed by atoms with E-state index in [4.69, 9.17) is 4.98 Å². The van der Waals surface area contributed by atoms with Gasteiger partial charge in [0.1, 0.15) is 5.82 Å². The van der Waals surface area contributed by atoms with Gasteiger partial charge in [0.15, 0.2) is 0 Å². The Balaban J connectivity index is 1.23. The summed E-state index contributed by atoms with van der Waals surface area (Å²) in [6.45, 7) is 8.77. The molecule has 1 atom stereocenters. The van der Waals surface area contributed by atoms with Crippen LogP contribution in [0.15, 0.2) is 207 Å². The van der Waals surface area contributed by atoms with Crippen LogP contribution in [0.1, 0.15) is 31.4 Å². The fourth-order valence-electron chi connectivity index (χ4n) is 9.28. The summed E-state index contributed by atoms with van der Waals surface area (Å²) in [6, 6.07) is 65.4. The molecule has 0 aliphatic heterocycles. The van der Waals surface area contributed by atoms with Gasteiger partial charge in [-0.3, -0.25) is 4.57 Å². The van der Waals surface area contributed by atoms with Crippen LogP contribution in [0.2, 0.25) is 0 Å². The van der Waals surface area contributed by atoms with Crippen molar-refractivity contribution in [3.8, 4) is 50.5 Å². The van der Waals surface area contributed by atoms with E-state index in [1.165, 1.54) is 65.7 Å². The fraction of sp³-hybridized carbons (Fsp3) is 0.0678. The first kappa shape index (κ1) is 37.7. The SMILES string of the molecule is C=C/C=c1/c(-c2ccccc2-c2ccccc2)c2ccc(-c3ccc(-c4nc5ccccc5n4-c4ccccc4)cc3)cc2c(C2=C[C@@H](C)CC=C2c2ccccc2)/c1=C/C. The van der Waals surface area contributed by atoms with Crippen LogP contribution < -0.4 is 10.4 Å². The van der Waals surface area contributed by atoms with E-state index >= 15 is 0 Å². The highest BCUT2D eigenvalue weighted by molar-refractivity contribution is 6.15. The highest BCUT2D eigenvalue weighted by Crippen LogP contribution is 2.42. The van der Waals surface area contributed by atoms with Gasteiger partial charge in [-0.25, -0.2) is 4.98 Å². The van der Waals surface area contributed by atoms with Crippen molar-refractivity contribution in [2.45, 2.75) is 20.3 Å². The van der Waals surface area contributed by atoms with Crippen molar-refractivity contribution < 1.29 is 0 Å². The quantitative estimate of drug-likeness (QED) is 0.150. The Morgan fingerprint density at radius 1 is 0.557 bits per heavy atom. The predicted molar refractivity (Wildman–Crippen MR) is 261 cm³/mol. The zero-order valence-electron chi connectivity index (χ0n) is 34.6. The molecule has 0 N–H and O–H groups in total. The maximum Gasteiger partial charge on any atom is 0.145 e. The van der Waals surface area contributed by atoms with E-state index in [-0.39, 0.29) is 0 Å². The molecule has 1 aromatic heterocycles. The van der Waals surface area contributed by atoms with Crippen LogP contribution in [-0.4, -0.2) is 9.55 Å². The third-order valence-corrected chi connectivity index (χ3v) is 12.1. The Bertz CT molecular complexity index is 3280. The summed E-state index contributed by atoms with van der Waals surface area (Å²) in [4.78, 5) is 5.15. The number of allylic oxidation sites excluding steroid dienone is 5. The molecule has 0 amide bonds. The summed E-state index contributed by atoms with van der Waals surface area (Å²) in [6.07, 6.45) is 12.4. The average Bonchev–Trinajstić information content (AvgIpc) is 3.72. The molecule has 0 radical (unpaired) electrons. The Kier molecular flexibility index (Phi) is 10.0. The Morgan fingerprint density at radius 2 is 1.18 bits per heavy atom. The molecule has 1 heterocycles. The molecule has 292 valence electrons. The van der Waals surface area contributed by atoms with E-state index in [0.717, 1.165) is 45.7 Å². The highest BCUT2D eigenvalue weighted by atomic mass is 15.1. The van der Waals surface area contributed by atoms with Crippen LogP contribution in [0.5, 0.6) is 0 Å². The lowest BCUT2D eigenvalue weighted by molar-refractivity contribution is 0.742. The number of hydrogen-bond acceptors (Lipinski definition) is 1. The first-order chi connectivity index (χ1) is 30.1. The molecule has 61 heavy (non-hydrogen) atoms. The minimum absolute atomic E-state index is 0.392. The molecule has 0 saturated carbocycles. The largest absolute Gasteiger partial charge is 0.292 e. The van der Waals surface area contributed by atoms with E-state index < -0.39 is 0 Å². The van der Waals surface area contributed by atoms with Gasteiger partial charge in [-0.2, -0.15) is 0 Å². The fourth-order valence-corrected chi connectivity index (χ4v) is 9.28. The van der Waals surface area contributed by atoms with Crippen molar-refractivity contribution in [2.24, 2.45) is 5.92 Å². The molecule has 0 fully saturated rings. The first-order valence-corrected chi connectivity index (χ1v) is 21.3. The molecule has 9 aromatic rings. The summed E-state index contributed by atoms with van der Waals surface area (Å²) in [5, 5.41) is 4.82. The lowest BCUT2D eigenvalue weighted by atomic mass is 9.79. The van der Waals surface area contributed by atoms with Crippen LogP contribution in [0.25, 0.3) is 95.6 Å². The molecule has 1 aliphatic rings. The zero-order valence-corrected chi connectivity index (χ0v) is 34.6. The summed E-state index contributed by atoms with van der Waals surface area (Å²) < 4.78 is 2.26. The third-order valence-electron chi connectivity index (χ3n) is 12.1. The summed E-state index contributed by atoms with van der Waals surface area (Å²) >= 11 is 0. The second-order valence-corrected chi connectivity index (χ2v) is 15.9. The number of nitrogens with zero attached hydrogens (tertiary/aromatic N) is 2. The summed E-state index contributed by atoms with van der Waals surface area (Å²) in [5.41, 5.74) is 16.4. The van der Waals surface area contributed by atoms with Gasteiger partial charge in [0, 0.05) is 11.3 Å². The lowest BCUT2D eigenvalue weighted by Gasteiger charge is -2.25. The smallest absolute Gasteiger partial charge is 0.145 e. The molecule has 1 aliphatic carbocycles. The van der Waals surface area contributed by atoms with E-state index in [0.29, 0.717) is 5.92 Å². The van der Waals surface area contributed by atoms with E-state index in [2.05, 4.69) is 231 Å². The minimum Gasteiger partial charge on any atom is -0.292 e. The number of para-hydroxylation sites is 3. The summed E-state index contributed by atoms with van der Waals surface area (Å²) in [7, 11) is 0. The van der Waals surface area contributed by atoms with Gasteiger partial charge < -0.3 is 0 Å². The third kappa shape index (κ3) is 6.86. The monoisotopic (exact) mass is 782 g/mol. The molecule has 2 heteroatoms. The maximum absolute atomic E-state index is 5.15. The van der Waals surface area contributed by atoms with Gasteiger partial charge in [-0.05, 0) is 126 Å². The molecule has 10 rings (SSSR count). The second kappa shape index (κ2) is 16.2. The normalized spacial score (nSPS) is 14.6. The molecular weight excluding hydrogens is 737 g/mol. The van der Waals surface area contributed by atoms with Crippen molar-refractivity contribution in [3.05, 3.63) is 228 Å². The topological polar surface area (TPSA) is 17.8 Å². The molecule has 2 nitrogen and oxygen atoms in total. The van der Waals surface area contributed by atoms with Gasteiger partial charge in [0.2, 0.25) is 0 Å². The Morgan fingerprint density at radius 3 is 1.90 bits per heavy atom. The van der Waals surface area contributed by atoms with Gasteiger partial charge in [0.05, 0.1) is 11.0 Å². The number of benzene rings is 8. The molecule has 8 aromatic carbocycles. The maximum atomic E-state index is 5.15. The molecular formula is C59H46N2. The van der Waals surface area contributed by atoms with Gasteiger partial charge >= 0.3 is 0 Å². The minimum atomic E-state index is 0.392. The number of fused-ring (bicyclic) bond motifs is 2. The van der Waals surface area contributed by atoms with E-state index in [1.807, 2.05) is 6.08 Å². The van der Waals surface area contributed by atoms with Crippen LogP contribution in [-0.2, 0) is 0 Å². The van der Waals surface area contributed by atoms with E-state index in [9.17, 15) is 0 Å². The van der Waals surface area contributed by atoms with Crippen LogP contribution >= 0.6 is 0 Å². The van der Waals surface area contributed by atoms with Crippen molar-refractivity contribution in [2.75, 3.05) is 0 Å². The van der Waals surface area contributed by atoms with E-state index in [1.54, 1.807) is 0 Å². The van der Waals surface area contributed by atoms with Crippen molar-refractivity contribution in [3.63, 3.8) is 0 Å². The molecule has 0 spiro atoms. The van der Waals surface area contributed by atoms with Gasteiger partial charge in [0.25, 0.3) is 0 Å². The van der Waals surface area contributed by atoms with Crippen LogP contribution in [0.4, 0.5) is 0 Å². The lowest BCUT2D eigenvalue weighted by Crippen LogP contribution is -2.31. The average molecular weight is 783 g/mol. The van der Waals surface area contributed by atoms with Crippen LogP contribution in [0, 0.1) is 5.92 Å². The van der Waals surface area contributed by atoms with Gasteiger partial charge in [-0.15, -0.1) is 0 Å². The first-order valence-electron chi connectivity index (χ1n) is 21.3. The predicted octanol–water partition coefficient (Wildman–Crippen LogP) is 14.1. The van der Waals surface area contributed by atoms with Crippen molar-refractivity contribution in [1.29, 1.82) is 0 Å². The zero-order chi connectivity index (χ0) is 41.3.